The first kappa shape index (κ1) is 11.4. The molecule has 1 N–H and O–H groups in total. The zero-order chi connectivity index (χ0) is 11.2. The SMILES string of the molecule is Cc1cnccc1NCCN1CCCCC1. The lowest BCUT2D eigenvalue weighted by Crippen LogP contribution is -2.33. The van der Waals surface area contributed by atoms with Crippen molar-refractivity contribution >= 4 is 5.69 Å². The van der Waals surface area contributed by atoms with Gasteiger partial charge >= 0.3 is 0 Å². The number of aryl methyl sites for hydroxylation is 1. The molecule has 16 heavy (non-hydrogen) atoms. The van der Waals surface area contributed by atoms with Crippen LogP contribution in [0.25, 0.3) is 0 Å². The number of pyridine rings is 1. The molecular weight excluding hydrogens is 198 g/mol. The minimum absolute atomic E-state index is 1.03. The molecule has 0 spiro atoms. The van der Waals surface area contributed by atoms with Crippen LogP contribution in [0.4, 0.5) is 5.69 Å². The Bertz CT molecular complexity index is 319. The lowest BCUT2D eigenvalue weighted by Gasteiger charge is -2.26. The van der Waals surface area contributed by atoms with Gasteiger partial charge in [0.2, 0.25) is 0 Å². The third-order valence-corrected chi connectivity index (χ3v) is 3.21. The minimum Gasteiger partial charge on any atom is -0.383 e. The van der Waals surface area contributed by atoms with Gasteiger partial charge in [-0.15, -0.1) is 0 Å². The van der Waals surface area contributed by atoms with Crippen molar-refractivity contribution in [3.63, 3.8) is 0 Å². The van der Waals surface area contributed by atoms with Crippen LogP contribution in [0.2, 0.25) is 0 Å². The summed E-state index contributed by atoms with van der Waals surface area (Å²) < 4.78 is 0. The van der Waals surface area contributed by atoms with Gasteiger partial charge in [-0.3, -0.25) is 4.98 Å². The van der Waals surface area contributed by atoms with Crippen molar-refractivity contribution in [2.45, 2.75) is 26.2 Å². The Labute approximate surface area is 97.9 Å². The lowest BCUT2D eigenvalue weighted by molar-refractivity contribution is 0.237. The molecule has 0 unspecified atom stereocenters. The highest BCUT2D eigenvalue weighted by Crippen LogP contribution is 2.12. The molecule has 88 valence electrons. The van der Waals surface area contributed by atoms with E-state index in [9.17, 15) is 0 Å². The molecule has 1 aromatic heterocycles. The van der Waals surface area contributed by atoms with E-state index >= 15 is 0 Å². The first-order valence-electron chi connectivity index (χ1n) is 6.23. The second kappa shape index (κ2) is 5.85. The molecule has 0 atom stereocenters. The van der Waals surface area contributed by atoms with Crippen LogP contribution in [0, 0.1) is 6.92 Å². The Morgan fingerprint density at radius 3 is 2.88 bits per heavy atom. The standard InChI is InChI=1S/C13H21N3/c1-12-11-14-6-5-13(12)15-7-10-16-8-3-2-4-9-16/h5-6,11H,2-4,7-10H2,1H3,(H,14,15). The van der Waals surface area contributed by atoms with Crippen molar-refractivity contribution in [3.05, 3.63) is 24.0 Å². The number of rotatable bonds is 4. The summed E-state index contributed by atoms with van der Waals surface area (Å²) in [6.07, 6.45) is 7.90. The molecule has 2 rings (SSSR count). The van der Waals surface area contributed by atoms with Gasteiger partial charge in [-0.05, 0) is 44.5 Å². The minimum atomic E-state index is 1.03. The number of likely N-dealkylation sites (tertiary alicyclic amines) is 1. The van der Waals surface area contributed by atoms with E-state index in [1.54, 1.807) is 0 Å². The number of piperidine rings is 1. The first-order chi connectivity index (χ1) is 7.86. The number of nitrogens with one attached hydrogen (secondary N) is 1. The summed E-state index contributed by atoms with van der Waals surface area (Å²) in [5, 5.41) is 3.48. The fourth-order valence-corrected chi connectivity index (χ4v) is 2.20. The quantitative estimate of drug-likeness (QED) is 0.842. The lowest BCUT2D eigenvalue weighted by atomic mass is 10.1. The van der Waals surface area contributed by atoms with E-state index in [0.29, 0.717) is 0 Å². The molecule has 1 aliphatic rings. The maximum Gasteiger partial charge on any atom is 0.0401 e. The summed E-state index contributed by atoms with van der Waals surface area (Å²) in [6.45, 7) is 6.83. The fraction of sp³-hybridized carbons (Fsp3) is 0.615. The molecule has 2 heterocycles. The van der Waals surface area contributed by atoms with Crippen LogP contribution in [-0.2, 0) is 0 Å². The van der Waals surface area contributed by atoms with Crippen LogP contribution < -0.4 is 5.32 Å². The normalized spacial score (nSPS) is 17.3. The molecule has 0 saturated carbocycles. The third-order valence-electron chi connectivity index (χ3n) is 3.21. The van der Waals surface area contributed by atoms with Gasteiger partial charge in [0.15, 0.2) is 0 Å². The summed E-state index contributed by atoms with van der Waals surface area (Å²) in [4.78, 5) is 6.64. The zero-order valence-electron chi connectivity index (χ0n) is 10.1. The van der Waals surface area contributed by atoms with E-state index in [1.807, 2.05) is 18.5 Å². The summed E-state index contributed by atoms with van der Waals surface area (Å²) in [5.74, 6) is 0. The van der Waals surface area contributed by atoms with Crippen molar-refractivity contribution in [1.82, 2.24) is 9.88 Å². The van der Waals surface area contributed by atoms with Crippen molar-refractivity contribution in [2.75, 3.05) is 31.5 Å². The van der Waals surface area contributed by atoms with E-state index in [2.05, 4.69) is 22.1 Å². The van der Waals surface area contributed by atoms with Crippen molar-refractivity contribution in [2.24, 2.45) is 0 Å². The van der Waals surface area contributed by atoms with Crippen molar-refractivity contribution in [3.8, 4) is 0 Å². The van der Waals surface area contributed by atoms with Crippen LogP contribution in [-0.4, -0.2) is 36.1 Å². The van der Waals surface area contributed by atoms with Crippen LogP contribution in [0.3, 0.4) is 0 Å². The molecule has 0 aromatic carbocycles. The number of hydrogen-bond acceptors (Lipinski definition) is 3. The van der Waals surface area contributed by atoms with Crippen LogP contribution in [0.1, 0.15) is 24.8 Å². The Morgan fingerprint density at radius 2 is 2.12 bits per heavy atom. The highest BCUT2D eigenvalue weighted by Gasteiger charge is 2.08. The van der Waals surface area contributed by atoms with Crippen molar-refractivity contribution < 1.29 is 0 Å². The van der Waals surface area contributed by atoms with E-state index in [1.165, 1.54) is 43.6 Å². The Kier molecular flexibility index (Phi) is 4.17. The van der Waals surface area contributed by atoms with Crippen LogP contribution >= 0.6 is 0 Å². The van der Waals surface area contributed by atoms with Gasteiger partial charge in [-0.25, -0.2) is 0 Å². The summed E-state index contributed by atoms with van der Waals surface area (Å²) in [5.41, 5.74) is 2.44. The number of anilines is 1. The predicted octanol–water partition coefficient (Wildman–Crippen LogP) is 2.29. The Balaban J connectivity index is 1.73. The summed E-state index contributed by atoms with van der Waals surface area (Å²) in [7, 11) is 0. The molecule has 1 saturated heterocycles. The molecule has 0 radical (unpaired) electrons. The van der Waals surface area contributed by atoms with E-state index < -0.39 is 0 Å². The molecule has 1 fully saturated rings. The van der Waals surface area contributed by atoms with E-state index in [4.69, 9.17) is 0 Å². The monoisotopic (exact) mass is 219 g/mol. The summed E-state index contributed by atoms with van der Waals surface area (Å²) >= 11 is 0. The smallest absolute Gasteiger partial charge is 0.0401 e. The van der Waals surface area contributed by atoms with Crippen molar-refractivity contribution in [1.29, 1.82) is 0 Å². The van der Waals surface area contributed by atoms with Gasteiger partial charge in [0, 0.05) is 31.2 Å². The van der Waals surface area contributed by atoms with Gasteiger partial charge in [0.1, 0.15) is 0 Å². The number of nitrogens with zero attached hydrogens (tertiary/aromatic N) is 2. The molecule has 1 aromatic rings. The summed E-state index contributed by atoms with van der Waals surface area (Å²) in [6, 6.07) is 2.05. The third kappa shape index (κ3) is 3.20. The second-order valence-electron chi connectivity index (χ2n) is 4.52. The van der Waals surface area contributed by atoms with Gasteiger partial charge in [0.05, 0.1) is 0 Å². The molecule has 0 aliphatic carbocycles. The average Bonchev–Trinajstić information content (AvgIpc) is 2.33. The molecule has 0 bridgehead atoms. The second-order valence-corrected chi connectivity index (χ2v) is 4.52. The zero-order valence-corrected chi connectivity index (χ0v) is 10.1. The van der Waals surface area contributed by atoms with E-state index in [-0.39, 0.29) is 0 Å². The largest absolute Gasteiger partial charge is 0.383 e. The predicted molar refractivity (Wildman–Crippen MR) is 67.8 cm³/mol. The maximum absolute atomic E-state index is 4.09. The average molecular weight is 219 g/mol. The van der Waals surface area contributed by atoms with Gasteiger partial charge in [0.25, 0.3) is 0 Å². The molecule has 1 aliphatic heterocycles. The van der Waals surface area contributed by atoms with Gasteiger partial charge in [-0.2, -0.15) is 0 Å². The Hall–Kier alpha value is -1.09. The van der Waals surface area contributed by atoms with Gasteiger partial charge < -0.3 is 10.2 Å². The van der Waals surface area contributed by atoms with Gasteiger partial charge in [-0.1, -0.05) is 6.42 Å². The van der Waals surface area contributed by atoms with Crippen LogP contribution in [0.15, 0.2) is 18.5 Å². The molecule has 0 amide bonds. The molecular formula is C13H21N3. The number of aromatic nitrogens is 1. The topological polar surface area (TPSA) is 28.2 Å². The fourth-order valence-electron chi connectivity index (χ4n) is 2.20. The molecule has 3 heteroatoms. The maximum atomic E-state index is 4.09. The Morgan fingerprint density at radius 1 is 1.31 bits per heavy atom. The molecule has 3 nitrogen and oxygen atoms in total. The highest BCUT2D eigenvalue weighted by molar-refractivity contribution is 5.48. The highest BCUT2D eigenvalue weighted by atomic mass is 15.1. The van der Waals surface area contributed by atoms with E-state index in [0.717, 1.165) is 13.1 Å². The van der Waals surface area contributed by atoms with Crippen LogP contribution in [0.5, 0.6) is 0 Å². The number of hydrogen-bond donors (Lipinski definition) is 1. The first-order valence-corrected chi connectivity index (χ1v) is 6.23.